The molecule has 1 aromatic carbocycles. The Balaban J connectivity index is 0.00000420. The van der Waals surface area contributed by atoms with Crippen LogP contribution in [0.5, 0.6) is 5.75 Å². The summed E-state index contributed by atoms with van der Waals surface area (Å²) in [4.78, 5) is 6.78. The first-order chi connectivity index (χ1) is 13.4. The van der Waals surface area contributed by atoms with Gasteiger partial charge in [0.25, 0.3) is 0 Å². The molecule has 0 radical (unpaired) electrons. The van der Waals surface area contributed by atoms with Gasteiger partial charge in [-0.25, -0.2) is 0 Å². The largest absolute Gasteiger partial charge is 0.488 e. The number of methoxy groups -OCH3 is 1. The number of rotatable bonds is 8. The van der Waals surface area contributed by atoms with Crippen LogP contribution in [0.2, 0.25) is 0 Å². The van der Waals surface area contributed by atoms with Gasteiger partial charge in [0.05, 0.1) is 6.10 Å². The number of hydrogen-bond acceptors (Lipinski definition) is 4. The highest BCUT2D eigenvalue weighted by Crippen LogP contribution is 2.23. The summed E-state index contributed by atoms with van der Waals surface area (Å²) in [6.45, 7) is 10.3. The maximum absolute atomic E-state index is 6.09. The summed E-state index contributed by atoms with van der Waals surface area (Å²) < 4.78 is 17.1. The Hall–Kier alpha value is -1.06. The molecule has 1 N–H and O–H groups in total. The molecule has 1 aromatic rings. The summed E-state index contributed by atoms with van der Waals surface area (Å²) in [5.41, 5.74) is 0.915. The van der Waals surface area contributed by atoms with Gasteiger partial charge in [0, 0.05) is 52.6 Å². The first-order valence-corrected chi connectivity index (χ1v) is 10.3. The monoisotopic (exact) mass is 519 g/mol. The zero-order chi connectivity index (χ0) is 20.4. The lowest BCUT2D eigenvalue weighted by Gasteiger charge is -2.34. The molecule has 0 unspecified atom stereocenters. The second kappa shape index (κ2) is 13.3. The number of halogens is 1. The summed E-state index contributed by atoms with van der Waals surface area (Å²) in [5.74, 6) is 1.85. The predicted octanol–water partition coefficient (Wildman–Crippen LogP) is 4.07. The molecular formula is C22H38IN3O3. The van der Waals surface area contributed by atoms with Crippen LogP contribution in [-0.4, -0.2) is 63.0 Å². The standard InChI is InChI=1S/C22H37N3O3.HI/c1-22(2,3)28-20-10-7-6-9-18(20)17-24-21(23-4)25-13-11-19(12-14-25)27-16-8-15-26-5;/h6-7,9-10,19H,8,11-17H2,1-5H3,(H,23,24);1H. The Labute approximate surface area is 193 Å². The van der Waals surface area contributed by atoms with Gasteiger partial charge in [-0.05, 0) is 46.1 Å². The highest BCUT2D eigenvalue weighted by atomic mass is 127. The molecule has 1 aliphatic heterocycles. The maximum Gasteiger partial charge on any atom is 0.193 e. The van der Waals surface area contributed by atoms with Crippen molar-refractivity contribution in [1.82, 2.24) is 10.2 Å². The summed E-state index contributed by atoms with van der Waals surface area (Å²) in [6.07, 6.45) is 3.34. The Bertz CT molecular complexity index is 612. The Morgan fingerprint density at radius 2 is 1.86 bits per heavy atom. The van der Waals surface area contributed by atoms with Gasteiger partial charge in [-0.2, -0.15) is 0 Å². The van der Waals surface area contributed by atoms with Crippen LogP contribution in [0.25, 0.3) is 0 Å². The van der Waals surface area contributed by atoms with Crippen molar-refractivity contribution in [2.24, 2.45) is 4.99 Å². The minimum atomic E-state index is -0.219. The zero-order valence-electron chi connectivity index (χ0n) is 18.6. The third-order valence-corrected chi connectivity index (χ3v) is 4.63. The molecule has 0 saturated carbocycles. The van der Waals surface area contributed by atoms with Gasteiger partial charge < -0.3 is 24.4 Å². The average Bonchev–Trinajstić information content (AvgIpc) is 2.67. The minimum Gasteiger partial charge on any atom is -0.488 e. The SMILES string of the molecule is CN=C(NCc1ccccc1OC(C)(C)C)N1CCC(OCCCOC)CC1.I. The number of piperidine rings is 1. The van der Waals surface area contributed by atoms with E-state index in [1.54, 1.807) is 7.11 Å². The molecule has 0 bridgehead atoms. The van der Waals surface area contributed by atoms with E-state index in [1.165, 1.54) is 0 Å². The van der Waals surface area contributed by atoms with Crippen molar-refractivity contribution < 1.29 is 14.2 Å². The van der Waals surface area contributed by atoms with Crippen LogP contribution in [0.4, 0.5) is 0 Å². The van der Waals surface area contributed by atoms with E-state index in [0.29, 0.717) is 12.6 Å². The van der Waals surface area contributed by atoms with Gasteiger partial charge in [-0.3, -0.25) is 4.99 Å². The minimum absolute atomic E-state index is 0. The molecule has 0 aliphatic carbocycles. The average molecular weight is 519 g/mol. The third-order valence-electron chi connectivity index (χ3n) is 4.63. The molecular weight excluding hydrogens is 481 g/mol. The van der Waals surface area contributed by atoms with E-state index in [0.717, 1.165) is 62.8 Å². The number of aliphatic imine (C=N–C) groups is 1. The van der Waals surface area contributed by atoms with Crippen molar-refractivity contribution in [3.63, 3.8) is 0 Å². The molecule has 1 aliphatic rings. The van der Waals surface area contributed by atoms with Gasteiger partial charge in [0.15, 0.2) is 5.96 Å². The van der Waals surface area contributed by atoms with Crippen molar-refractivity contribution in [2.75, 3.05) is 40.5 Å². The molecule has 0 amide bonds. The Kier molecular flexibility index (Phi) is 11.9. The molecule has 6 nitrogen and oxygen atoms in total. The van der Waals surface area contributed by atoms with Crippen LogP contribution in [0.15, 0.2) is 29.3 Å². The zero-order valence-corrected chi connectivity index (χ0v) is 20.9. The van der Waals surface area contributed by atoms with Crippen LogP contribution in [0, 0.1) is 0 Å². The van der Waals surface area contributed by atoms with Crippen molar-refractivity contribution >= 4 is 29.9 Å². The van der Waals surface area contributed by atoms with E-state index in [4.69, 9.17) is 14.2 Å². The maximum atomic E-state index is 6.09. The number of para-hydroxylation sites is 1. The van der Waals surface area contributed by atoms with E-state index in [-0.39, 0.29) is 29.6 Å². The normalized spacial score (nSPS) is 15.8. The van der Waals surface area contributed by atoms with Crippen LogP contribution < -0.4 is 10.1 Å². The van der Waals surface area contributed by atoms with Gasteiger partial charge >= 0.3 is 0 Å². The molecule has 0 aromatic heterocycles. The summed E-state index contributed by atoms with van der Waals surface area (Å²) in [5, 5.41) is 3.49. The van der Waals surface area contributed by atoms with Crippen molar-refractivity contribution in [1.29, 1.82) is 0 Å². The lowest BCUT2D eigenvalue weighted by molar-refractivity contribution is 0.00989. The number of likely N-dealkylation sites (tertiary alicyclic amines) is 1. The topological polar surface area (TPSA) is 55.3 Å². The summed E-state index contributed by atoms with van der Waals surface area (Å²) in [7, 11) is 3.57. The number of hydrogen-bond donors (Lipinski definition) is 1. The molecule has 166 valence electrons. The van der Waals surface area contributed by atoms with E-state index >= 15 is 0 Å². The summed E-state index contributed by atoms with van der Waals surface area (Å²) >= 11 is 0. The second-order valence-corrected chi connectivity index (χ2v) is 8.13. The Morgan fingerprint density at radius 3 is 2.48 bits per heavy atom. The summed E-state index contributed by atoms with van der Waals surface area (Å²) in [6, 6.07) is 8.18. The van der Waals surface area contributed by atoms with Gasteiger partial charge in [-0.1, -0.05) is 18.2 Å². The lowest BCUT2D eigenvalue weighted by Crippen LogP contribution is -2.46. The highest BCUT2D eigenvalue weighted by Gasteiger charge is 2.22. The first kappa shape index (κ1) is 26.0. The third kappa shape index (κ3) is 9.53. The first-order valence-electron chi connectivity index (χ1n) is 10.3. The fraction of sp³-hybridized carbons (Fsp3) is 0.682. The van der Waals surface area contributed by atoms with Crippen LogP contribution in [0.3, 0.4) is 0 Å². The molecule has 1 fully saturated rings. The molecule has 1 saturated heterocycles. The van der Waals surface area contributed by atoms with Crippen molar-refractivity contribution in [3.05, 3.63) is 29.8 Å². The molecule has 7 heteroatoms. The van der Waals surface area contributed by atoms with Crippen LogP contribution in [-0.2, 0) is 16.0 Å². The molecule has 29 heavy (non-hydrogen) atoms. The van der Waals surface area contributed by atoms with Gasteiger partial charge in [0.2, 0.25) is 0 Å². The number of nitrogens with zero attached hydrogens (tertiary/aromatic N) is 2. The Morgan fingerprint density at radius 1 is 1.17 bits per heavy atom. The van der Waals surface area contributed by atoms with E-state index in [1.807, 2.05) is 25.2 Å². The van der Waals surface area contributed by atoms with Crippen LogP contribution in [0.1, 0.15) is 45.6 Å². The van der Waals surface area contributed by atoms with Crippen LogP contribution >= 0.6 is 24.0 Å². The molecule has 2 rings (SSSR count). The number of guanidine groups is 1. The molecule has 0 spiro atoms. The number of nitrogens with one attached hydrogen (secondary N) is 1. The number of benzene rings is 1. The fourth-order valence-corrected chi connectivity index (χ4v) is 3.27. The number of ether oxygens (including phenoxy) is 3. The lowest BCUT2D eigenvalue weighted by atomic mass is 10.1. The molecule has 0 atom stereocenters. The van der Waals surface area contributed by atoms with E-state index < -0.39 is 0 Å². The molecule has 1 heterocycles. The highest BCUT2D eigenvalue weighted by molar-refractivity contribution is 14.0. The van der Waals surface area contributed by atoms with E-state index in [9.17, 15) is 0 Å². The predicted molar refractivity (Wildman–Crippen MR) is 129 cm³/mol. The van der Waals surface area contributed by atoms with Gasteiger partial charge in [0.1, 0.15) is 11.4 Å². The smallest absolute Gasteiger partial charge is 0.193 e. The second-order valence-electron chi connectivity index (χ2n) is 8.13. The fourth-order valence-electron chi connectivity index (χ4n) is 3.27. The van der Waals surface area contributed by atoms with Crippen molar-refractivity contribution in [2.45, 2.75) is 58.3 Å². The van der Waals surface area contributed by atoms with E-state index in [2.05, 4.69) is 42.0 Å². The van der Waals surface area contributed by atoms with Crippen molar-refractivity contribution in [3.8, 4) is 5.75 Å². The van der Waals surface area contributed by atoms with Gasteiger partial charge in [-0.15, -0.1) is 24.0 Å². The quantitative estimate of drug-likeness (QED) is 0.243.